The number of methoxy groups -OCH3 is 1. The van der Waals surface area contributed by atoms with E-state index in [9.17, 15) is 9.59 Å². The molecule has 2 rings (SSSR count). The Hall–Kier alpha value is -1.88. The summed E-state index contributed by atoms with van der Waals surface area (Å²) in [6.45, 7) is 0. The molecule has 5 heteroatoms. The molecule has 2 N–H and O–H groups in total. The SMILES string of the molecule is COC1CC(NC(=O)c2ccc(C(=O)O)cc2)C1. The van der Waals surface area contributed by atoms with Crippen LogP contribution >= 0.6 is 0 Å². The second-order valence-corrected chi connectivity index (χ2v) is 4.38. The number of aromatic carboxylic acids is 1. The molecular formula is C13H15NO4. The van der Waals surface area contributed by atoms with Crippen LogP contribution in [0.25, 0.3) is 0 Å². The summed E-state index contributed by atoms with van der Waals surface area (Å²) in [5.41, 5.74) is 0.649. The highest BCUT2D eigenvalue weighted by atomic mass is 16.5. The van der Waals surface area contributed by atoms with Gasteiger partial charge in [-0.2, -0.15) is 0 Å². The molecule has 18 heavy (non-hydrogen) atoms. The summed E-state index contributed by atoms with van der Waals surface area (Å²) in [6, 6.07) is 6.05. The van der Waals surface area contributed by atoms with Gasteiger partial charge in [0.05, 0.1) is 11.7 Å². The van der Waals surface area contributed by atoms with Crippen molar-refractivity contribution in [3.63, 3.8) is 0 Å². The van der Waals surface area contributed by atoms with Gasteiger partial charge in [-0.1, -0.05) is 0 Å². The maximum atomic E-state index is 11.8. The zero-order valence-corrected chi connectivity index (χ0v) is 10.1. The number of nitrogens with one attached hydrogen (secondary N) is 1. The molecule has 0 heterocycles. The molecule has 0 unspecified atom stereocenters. The second-order valence-electron chi connectivity index (χ2n) is 4.38. The van der Waals surface area contributed by atoms with Crippen LogP contribution in [0.5, 0.6) is 0 Å². The van der Waals surface area contributed by atoms with Crippen molar-refractivity contribution in [2.24, 2.45) is 0 Å². The number of ether oxygens (including phenoxy) is 1. The standard InChI is InChI=1S/C13H15NO4/c1-18-11-6-10(7-11)14-12(15)8-2-4-9(5-3-8)13(16)17/h2-5,10-11H,6-7H2,1H3,(H,14,15)(H,16,17). The summed E-state index contributed by atoms with van der Waals surface area (Å²) in [5, 5.41) is 11.6. The Morgan fingerprint density at radius 3 is 2.28 bits per heavy atom. The zero-order valence-electron chi connectivity index (χ0n) is 10.1. The summed E-state index contributed by atoms with van der Waals surface area (Å²) in [7, 11) is 1.66. The highest BCUT2D eigenvalue weighted by Crippen LogP contribution is 2.22. The normalized spacial score (nSPS) is 22.1. The molecule has 0 radical (unpaired) electrons. The minimum Gasteiger partial charge on any atom is -0.478 e. The molecule has 0 aromatic heterocycles. The van der Waals surface area contributed by atoms with Crippen molar-refractivity contribution in [1.29, 1.82) is 0 Å². The van der Waals surface area contributed by atoms with E-state index in [2.05, 4.69) is 5.32 Å². The largest absolute Gasteiger partial charge is 0.478 e. The Labute approximate surface area is 105 Å². The van der Waals surface area contributed by atoms with Crippen LogP contribution in [-0.4, -0.2) is 36.2 Å². The first kappa shape index (κ1) is 12.6. The maximum Gasteiger partial charge on any atom is 0.335 e. The van der Waals surface area contributed by atoms with Crippen LogP contribution in [0.2, 0.25) is 0 Å². The van der Waals surface area contributed by atoms with E-state index >= 15 is 0 Å². The molecule has 1 saturated carbocycles. The van der Waals surface area contributed by atoms with Crippen molar-refractivity contribution < 1.29 is 19.4 Å². The lowest BCUT2D eigenvalue weighted by molar-refractivity contribution is 0.0176. The third-order valence-corrected chi connectivity index (χ3v) is 3.16. The third kappa shape index (κ3) is 2.68. The minimum absolute atomic E-state index is 0.154. The van der Waals surface area contributed by atoms with Crippen molar-refractivity contribution in [3.8, 4) is 0 Å². The topological polar surface area (TPSA) is 75.6 Å². The van der Waals surface area contributed by atoms with Gasteiger partial charge in [0.2, 0.25) is 0 Å². The number of amides is 1. The minimum atomic E-state index is -0.996. The van der Waals surface area contributed by atoms with E-state index in [4.69, 9.17) is 9.84 Å². The van der Waals surface area contributed by atoms with Crippen LogP contribution in [-0.2, 0) is 4.74 Å². The number of carboxylic acid groups (broad SMARTS) is 1. The van der Waals surface area contributed by atoms with E-state index < -0.39 is 5.97 Å². The number of hydrogen-bond acceptors (Lipinski definition) is 3. The predicted molar refractivity (Wildman–Crippen MR) is 64.7 cm³/mol. The van der Waals surface area contributed by atoms with E-state index in [1.54, 1.807) is 7.11 Å². The third-order valence-electron chi connectivity index (χ3n) is 3.16. The second kappa shape index (κ2) is 5.18. The number of hydrogen-bond donors (Lipinski definition) is 2. The summed E-state index contributed by atoms with van der Waals surface area (Å²) >= 11 is 0. The Morgan fingerprint density at radius 1 is 1.22 bits per heavy atom. The molecule has 1 aliphatic carbocycles. The van der Waals surface area contributed by atoms with Gasteiger partial charge in [-0.05, 0) is 37.1 Å². The summed E-state index contributed by atoms with van der Waals surface area (Å²) in [6.07, 6.45) is 1.90. The molecule has 1 aromatic rings. The maximum absolute atomic E-state index is 11.8. The van der Waals surface area contributed by atoms with Gasteiger partial charge in [-0.25, -0.2) is 4.79 Å². The van der Waals surface area contributed by atoms with Crippen molar-refractivity contribution >= 4 is 11.9 Å². The molecule has 0 atom stereocenters. The fraction of sp³-hybridized carbons (Fsp3) is 0.385. The number of carbonyl (C=O) groups is 2. The molecular weight excluding hydrogens is 234 g/mol. The van der Waals surface area contributed by atoms with Gasteiger partial charge in [0.25, 0.3) is 5.91 Å². The monoisotopic (exact) mass is 249 g/mol. The van der Waals surface area contributed by atoms with Crippen LogP contribution < -0.4 is 5.32 Å². The van der Waals surface area contributed by atoms with E-state index in [1.165, 1.54) is 24.3 Å². The Morgan fingerprint density at radius 2 is 1.78 bits per heavy atom. The molecule has 0 saturated heterocycles. The first-order valence-electron chi connectivity index (χ1n) is 5.77. The van der Waals surface area contributed by atoms with Gasteiger partial charge in [-0.3, -0.25) is 4.79 Å². The average molecular weight is 249 g/mol. The van der Waals surface area contributed by atoms with Crippen LogP contribution in [0.4, 0.5) is 0 Å². The fourth-order valence-corrected chi connectivity index (χ4v) is 1.91. The van der Waals surface area contributed by atoms with Crippen molar-refractivity contribution in [2.75, 3.05) is 7.11 Å². The summed E-state index contributed by atoms with van der Waals surface area (Å²) in [5.74, 6) is -1.17. The van der Waals surface area contributed by atoms with Gasteiger partial charge in [0, 0.05) is 18.7 Å². The predicted octanol–water partition coefficient (Wildman–Crippen LogP) is 1.29. The smallest absolute Gasteiger partial charge is 0.335 e. The van der Waals surface area contributed by atoms with Gasteiger partial charge in [0.15, 0.2) is 0 Å². The van der Waals surface area contributed by atoms with E-state index in [0.29, 0.717) is 5.56 Å². The number of rotatable bonds is 4. The Balaban J connectivity index is 1.91. The summed E-state index contributed by atoms with van der Waals surface area (Å²) < 4.78 is 5.13. The van der Waals surface area contributed by atoms with Gasteiger partial charge in [-0.15, -0.1) is 0 Å². The lowest BCUT2D eigenvalue weighted by Gasteiger charge is -2.34. The van der Waals surface area contributed by atoms with Crippen molar-refractivity contribution in [3.05, 3.63) is 35.4 Å². The molecule has 0 bridgehead atoms. The number of carbonyl (C=O) groups excluding carboxylic acids is 1. The summed E-state index contributed by atoms with van der Waals surface area (Å²) in [4.78, 5) is 22.5. The van der Waals surface area contributed by atoms with Crippen LogP contribution in [0.3, 0.4) is 0 Å². The van der Waals surface area contributed by atoms with Crippen molar-refractivity contribution in [2.45, 2.75) is 25.0 Å². The molecule has 0 spiro atoms. The van der Waals surface area contributed by atoms with Crippen LogP contribution in [0, 0.1) is 0 Å². The van der Waals surface area contributed by atoms with E-state index in [-0.39, 0.29) is 23.6 Å². The average Bonchev–Trinajstić information content (AvgIpc) is 2.33. The van der Waals surface area contributed by atoms with Gasteiger partial charge < -0.3 is 15.2 Å². The lowest BCUT2D eigenvalue weighted by atomic mass is 9.89. The van der Waals surface area contributed by atoms with Crippen LogP contribution in [0.15, 0.2) is 24.3 Å². The molecule has 5 nitrogen and oxygen atoms in total. The molecule has 0 aliphatic heterocycles. The fourth-order valence-electron chi connectivity index (χ4n) is 1.91. The first-order chi connectivity index (χ1) is 8.60. The Bertz CT molecular complexity index is 449. The molecule has 1 fully saturated rings. The number of benzene rings is 1. The quantitative estimate of drug-likeness (QED) is 0.843. The lowest BCUT2D eigenvalue weighted by Crippen LogP contribution is -2.47. The van der Waals surface area contributed by atoms with Crippen molar-refractivity contribution in [1.82, 2.24) is 5.32 Å². The van der Waals surface area contributed by atoms with Gasteiger partial charge >= 0.3 is 5.97 Å². The highest BCUT2D eigenvalue weighted by molar-refractivity contribution is 5.96. The highest BCUT2D eigenvalue weighted by Gasteiger charge is 2.30. The Kier molecular flexibility index (Phi) is 3.62. The van der Waals surface area contributed by atoms with E-state index in [0.717, 1.165) is 12.8 Å². The van der Waals surface area contributed by atoms with Gasteiger partial charge in [0.1, 0.15) is 0 Å². The van der Waals surface area contributed by atoms with E-state index in [1.807, 2.05) is 0 Å². The molecule has 1 aromatic carbocycles. The molecule has 1 amide bonds. The number of carboxylic acids is 1. The first-order valence-corrected chi connectivity index (χ1v) is 5.77. The van der Waals surface area contributed by atoms with Crippen LogP contribution in [0.1, 0.15) is 33.6 Å². The molecule has 1 aliphatic rings. The zero-order chi connectivity index (χ0) is 13.1. The molecule has 96 valence electrons.